The van der Waals surface area contributed by atoms with Crippen molar-refractivity contribution in [3.8, 4) is 0 Å². The Morgan fingerprint density at radius 1 is 0.929 bits per heavy atom. The van der Waals surface area contributed by atoms with E-state index in [4.69, 9.17) is 0 Å². The maximum Gasteiger partial charge on any atom is 0.255 e. The Balaban J connectivity index is 1.46. The second kappa shape index (κ2) is 8.01. The van der Waals surface area contributed by atoms with Crippen LogP contribution >= 0.6 is 0 Å². The highest BCUT2D eigenvalue weighted by atomic mass is 16.1. The fraction of sp³-hybridized carbons (Fsp3) is 0.125. The Kier molecular flexibility index (Phi) is 5.11. The minimum atomic E-state index is -0.109. The first kappa shape index (κ1) is 17.9. The van der Waals surface area contributed by atoms with E-state index in [1.807, 2.05) is 67.7 Å². The fourth-order valence-corrected chi connectivity index (χ4v) is 3.21. The van der Waals surface area contributed by atoms with Gasteiger partial charge in [0.25, 0.3) is 5.91 Å². The molecular weight excluding hydrogens is 346 g/mol. The molecule has 28 heavy (non-hydrogen) atoms. The van der Waals surface area contributed by atoms with Crippen molar-refractivity contribution in [2.45, 2.75) is 19.8 Å². The zero-order valence-corrected chi connectivity index (χ0v) is 15.7. The van der Waals surface area contributed by atoms with Crippen LogP contribution in [0.2, 0.25) is 0 Å². The molecule has 0 aliphatic rings. The van der Waals surface area contributed by atoms with Crippen molar-refractivity contribution >= 4 is 22.5 Å². The van der Waals surface area contributed by atoms with Gasteiger partial charge in [-0.2, -0.15) is 0 Å². The molecule has 2 aromatic heterocycles. The van der Waals surface area contributed by atoms with E-state index in [1.165, 1.54) is 5.56 Å². The number of nitrogens with one attached hydrogen (secondary N) is 1. The van der Waals surface area contributed by atoms with Crippen LogP contribution in [0.25, 0.3) is 10.9 Å². The monoisotopic (exact) mass is 367 g/mol. The predicted octanol–water partition coefficient (Wildman–Crippen LogP) is 4.98. The average Bonchev–Trinajstić information content (AvgIpc) is 2.73. The number of pyridine rings is 2. The number of fused-ring (bicyclic) bond motifs is 1. The maximum atomic E-state index is 12.7. The lowest BCUT2D eigenvalue weighted by molar-refractivity contribution is 0.102. The third-order valence-corrected chi connectivity index (χ3v) is 4.70. The summed E-state index contributed by atoms with van der Waals surface area (Å²) in [6, 6.07) is 21.6. The van der Waals surface area contributed by atoms with Gasteiger partial charge in [-0.3, -0.25) is 14.8 Å². The quantitative estimate of drug-likeness (QED) is 0.541. The van der Waals surface area contributed by atoms with Gasteiger partial charge in [-0.15, -0.1) is 0 Å². The van der Waals surface area contributed by atoms with Gasteiger partial charge in [0.1, 0.15) is 0 Å². The van der Waals surface area contributed by atoms with Crippen molar-refractivity contribution in [2.24, 2.45) is 0 Å². The van der Waals surface area contributed by atoms with Gasteiger partial charge in [0.2, 0.25) is 0 Å². The molecular formula is C24H21N3O. The SMILES string of the molecule is Cc1ccc2cc(NC(=O)c3cccc(CCc4cccnc4)c3)ccc2n1. The number of aryl methyl sites for hydroxylation is 3. The average molecular weight is 367 g/mol. The van der Waals surface area contributed by atoms with E-state index >= 15 is 0 Å². The van der Waals surface area contributed by atoms with Gasteiger partial charge in [-0.25, -0.2) is 0 Å². The molecule has 0 bridgehead atoms. The van der Waals surface area contributed by atoms with Crippen LogP contribution in [0, 0.1) is 6.92 Å². The highest BCUT2D eigenvalue weighted by Gasteiger charge is 2.08. The summed E-state index contributed by atoms with van der Waals surface area (Å²) in [7, 11) is 0. The zero-order valence-electron chi connectivity index (χ0n) is 15.7. The molecule has 0 aliphatic carbocycles. The Labute approximate surface area is 164 Å². The molecule has 4 rings (SSSR count). The fourth-order valence-electron chi connectivity index (χ4n) is 3.21. The van der Waals surface area contributed by atoms with E-state index < -0.39 is 0 Å². The number of nitrogens with zero attached hydrogens (tertiary/aromatic N) is 2. The molecule has 4 nitrogen and oxygen atoms in total. The third kappa shape index (κ3) is 4.23. The Bertz CT molecular complexity index is 1120. The summed E-state index contributed by atoms with van der Waals surface area (Å²) < 4.78 is 0. The molecule has 2 aromatic carbocycles. The topological polar surface area (TPSA) is 54.9 Å². The summed E-state index contributed by atoms with van der Waals surface area (Å²) in [5.74, 6) is -0.109. The number of anilines is 1. The maximum absolute atomic E-state index is 12.7. The molecule has 0 atom stereocenters. The normalized spacial score (nSPS) is 10.8. The molecule has 138 valence electrons. The van der Waals surface area contributed by atoms with Gasteiger partial charge >= 0.3 is 0 Å². The Morgan fingerprint density at radius 2 is 1.79 bits per heavy atom. The summed E-state index contributed by atoms with van der Waals surface area (Å²) in [5, 5.41) is 4.00. The van der Waals surface area contributed by atoms with Crippen molar-refractivity contribution in [3.63, 3.8) is 0 Å². The lowest BCUT2D eigenvalue weighted by atomic mass is 10.0. The molecule has 1 N–H and O–H groups in total. The number of carbonyl (C=O) groups excluding carboxylic acids is 1. The van der Waals surface area contributed by atoms with E-state index in [-0.39, 0.29) is 5.91 Å². The smallest absolute Gasteiger partial charge is 0.255 e. The van der Waals surface area contributed by atoms with Gasteiger partial charge in [-0.1, -0.05) is 24.3 Å². The number of carbonyl (C=O) groups is 1. The van der Waals surface area contributed by atoms with Crippen LogP contribution in [-0.2, 0) is 12.8 Å². The first-order chi connectivity index (χ1) is 13.7. The van der Waals surface area contributed by atoms with Crippen molar-refractivity contribution in [1.82, 2.24) is 9.97 Å². The van der Waals surface area contributed by atoms with Crippen LogP contribution in [0.15, 0.2) is 79.1 Å². The Hall–Kier alpha value is -3.53. The second-order valence-electron chi connectivity index (χ2n) is 6.88. The molecule has 0 saturated carbocycles. The van der Waals surface area contributed by atoms with Crippen molar-refractivity contribution < 1.29 is 4.79 Å². The van der Waals surface area contributed by atoms with E-state index in [9.17, 15) is 4.79 Å². The van der Waals surface area contributed by atoms with Crippen LogP contribution in [0.1, 0.15) is 27.2 Å². The van der Waals surface area contributed by atoms with Crippen LogP contribution in [-0.4, -0.2) is 15.9 Å². The van der Waals surface area contributed by atoms with Crippen LogP contribution in [0.3, 0.4) is 0 Å². The van der Waals surface area contributed by atoms with Crippen molar-refractivity contribution in [1.29, 1.82) is 0 Å². The van der Waals surface area contributed by atoms with Crippen LogP contribution in [0.5, 0.6) is 0 Å². The van der Waals surface area contributed by atoms with E-state index in [2.05, 4.69) is 27.4 Å². The number of aromatic nitrogens is 2. The van der Waals surface area contributed by atoms with Gasteiger partial charge in [0.15, 0.2) is 0 Å². The molecule has 0 aliphatic heterocycles. The molecule has 0 saturated heterocycles. The minimum Gasteiger partial charge on any atom is -0.322 e. The van der Waals surface area contributed by atoms with E-state index in [1.54, 1.807) is 6.20 Å². The number of hydrogen-bond donors (Lipinski definition) is 1. The molecule has 0 unspecified atom stereocenters. The summed E-state index contributed by atoms with van der Waals surface area (Å²) in [5.41, 5.74) is 5.66. The number of hydrogen-bond acceptors (Lipinski definition) is 3. The largest absolute Gasteiger partial charge is 0.322 e. The second-order valence-corrected chi connectivity index (χ2v) is 6.88. The molecule has 1 amide bonds. The van der Waals surface area contributed by atoms with E-state index in [0.717, 1.165) is 40.7 Å². The van der Waals surface area contributed by atoms with Gasteiger partial charge in [-0.05, 0) is 73.4 Å². The van der Waals surface area contributed by atoms with Crippen molar-refractivity contribution in [2.75, 3.05) is 5.32 Å². The van der Waals surface area contributed by atoms with E-state index in [0.29, 0.717) is 5.56 Å². The lowest BCUT2D eigenvalue weighted by Gasteiger charge is -2.08. The molecule has 0 radical (unpaired) electrons. The number of rotatable bonds is 5. The van der Waals surface area contributed by atoms with Crippen LogP contribution < -0.4 is 5.32 Å². The molecule has 0 spiro atoms. The number of benzene rings is 2. The summed E-state index contributed by atoms with van der Waals surface area (Å²) >= 11 is 0. The van der Waals surface area contributed by atoms with Crippen LogP contribution in [0.4, 0.5) is 5.69 Å². The first-order valence-corrected chi connectivity index (χ1v) is 9.34. The molecule has 0 fully saturated rings. The minimum absolute atomic E-state index is 0.109. The molecule has 4 heteroatoms. The highest BCUT2D eigenvalue weighted by Crippen LogP contribution is 2.19. The molecule has 2 heterocycles. The highest BCUT2D eigenvalue weighted by molar-refractivity contribution is 6.05. The Morgan fingerprint density at radius 3 is 2.64 bits per heavy atom. The molecule has 4 aromatic rings. The van der Waals surface area contributed by atoms with Crippen molar-refractivity contribution in [3.05, 3.63) is 102 Å². The van der Waals surface area contributed by atoms with Gasteiger partial charge < -0.3 is 5.32 Å². The van der Waals surface area contributed by atoms with Gasteiger partial charge in [0.05, 0.1) is 5.52 Å². The summed E-state index contributed by atoms with van der Waals surface area (Å²) in [4.78, 5) is 21.3. The lowest BCUT2D eigenvalue weighted by Crippen LogP contribution is -2.12. The predicted molar refractivity (Wildman–Crippen MR) is 113 cm³/mol. The first-order valence-electron chi connectivity index (χ1n) is 9.34. The van der Waals surface area contributed by atoms with Gasteiger partial charge in [0, 0.05) is 34.7 Å². The summed E-state index contributed by atoms with van der Waals surface area (Å²) in [6.07, 6.45) is 5.43. The summed E-state index contributed by atoms with van der Waals surface area (Å²) in [6.45, 7) is 1.97. The number of amides is 1. The standard InChI is InChI=1S/C24H21N3O/c1-17-7-10-20-15-22(11-12-23(20)26-17)27-24(28)21-6-2-4-18(14-21)8-9-19-5-3-13-25-16-19/h2-7,10-16H,8-9H2,1H3,(H,27,28). The zero-order chi connectivity index (χ0) is 19.3. The third-order valence-electron chi connectivity index (χ3n) is 4.70.